The monoisotopic (exact) mass is 522 g/mol. The summed E-state index contributed by atoms with van der Waals surface area (Å²) in [4.78, 5) is 58.7. The Morgan fingerprint density at radius 2 is 2.24 bits per heavy atom. The fourth-order valence-electron chi connectivity index (χ4n) is 3.66. The van der Waals surface area contributed by atoms with Crippen LogP contribution in [0.2, 0.25) is 0 Å². The number of fused-ring (bicyclic) bond motifs is 1. The molecule has 178 valence electrons. The van der Waals surface area contributed by atoms with Crippen molar-refractivity contribution in [2.75, 3.05) is 24.3 Å². The molecule has 3 atom stereocenters. The standard InChI is InChI=1S/C20H18N4O7S3/c1-30-24-13(9-7-34-20(21)22-9)17(26)23-14-15(25)12-11(18(27)28)8(5-32-16(12)14)6-33-19(29)10-3-2-4-31-10/h2-4,7,12,14,16H,5-6H2,1H3,(H2,21,22)(H,23,26)(H,27,28)/b24-13+/t12?,14-,16+/m1/s1. The molecule has 1 saturated carbocycles. The third kappa shape index (κ3) is 4.60. The van der Waals surface area contributed by atoms with E-state index in [-0.39, 0.29) is 38.7 Å². The summed E-state index contributed by atoms with van der Waals surface area (Å²) in [6, 6.07) is 2.22. The Balaban J connectivity index is 1.47. The highest BCUT2D eigenvalue weighted by Crippen LogP contribution is 2.46. The summed E-state index contributed by atoms with van der Waals surface area (Å²) >= 11 is 3.40. The van der Waals surface area contributed by atoms with Crippen molar-refractivity contribution in [3.8, 4) is 0 Å². The van der Waals surface area contributed by atoms with Gasteiger partial charge in [-0.15, -0.1) is 11.3 Å². The van der Waals surface area contributed by atoms with E-state index >= 15 is 0 Å². The van der Waals surface area contributed by atoms with Gasteiger partial charge in [0.1, 0.15) is 18.8 Å². The van der Waals surface area contributed by atoms with Gasteiger partial charge in [0, 0.05) is 27.7 Å². The number of carboxylic acid groups (broad SMARTS) is 1. The number of oxime groups is 1. The number of carbonyl (C=O) groups excluding carboxylic acids is 3. The minimum atomic E-state index is -1.21. The zero-order valence-corrected chi connectivity index (χ0v) is 20.0. The molecule has 1 fully saturated rings. The molecule has 4 N–H and O–H groups in total. The molecule has 1 aliphatic carbocycles. The van der Waals surface area contributed by atoms with Gasteiger partial charge < -0.3 is 25.4 Å². The Kier molecular flexibility index (Phi) is 7.09. The average molecular weight is 523 g/mol. The number of aromatic nitrogens is 1. The molecule has 1 unspecified atom stereocenters. The van der Waals surface area contributed by atoms with E-state index in [1.807, 2.05) is 0 Å². The van der Waals surface area contributed by atoms with Gasteiger partial charge in [-0.05, 0) is 17.7 Å². The molecule has 4 rings (SSSR count). The lowest BCUT2D eigenvalue weighted by atomic mass is 9.71. The molecule has 1 amide bonds. The zero-order chi connectivity index (χ0) is 24.4. The summed E-state index contributed by atoms with van der Waals surface area (Å²) in [6.07, 6.45) is 1.38. The Morgan fingerprint density at radius 1 is 1.44 bits per heavy atom. The number of carbonyl (C=O) groups is 4. The molecular weight excluding hydrogens is 504 g/mol. The topological polar surface area (TPSA) is 174 Å². The van der Waals surface area contributed by atoms with Crippen LogP contribution in [0, 0.1) is 5.92 Å². The lowest BCUT2D eigenvalue weighted by molar-refractivity contribution is -0.139. The maximum absolute atomic E-state index is 12.9. The molecule has 3 heterocycles. The normalized spacial score (nSPS) is 22.1. The van der Waals surface area contributed by atoms with E-state index in [4.69, 9.17) is 15.0 Å². The van der Waals surface area contributed by atoms with Crippen molar-refractivity contribution >= 4 is 68.5 Å². The predicted molar refractivity (Wildman–Crippen MR) is 127 cm³/mol. The van der Waals surface area contributed by atoms with Crippen LogP contribution in [0.3, 0.4) is 0 Å². The summed E-state index contributed by atoms with van der Waals surface area (Å²) in [5.74, 6) is -2.60. The van der Waals surface area contributed by atoms with Gasteiger partial charge in [-0.1, -0.05) is 16.9 Å². The smallest absolute Gasteiger partial charge is 0.332 e. The summed E-state index contributed by atoms with van der Waals surface area (Å²) in [6.45, 7) is 0. The first kappa shape index (κ1) is 24.0. The van der Waals surface area contributed by atoms with Gasteiger partial charge in [-0.3, -0.25) is 14.4 Å². The molecule has 1 aliphatic heterocycles. The van der Waals surface area contributed by atoms with Gasteiger partial charge >= 0.3 is 5.97 Å². The van der Waals surface area contributed by atoms with E-state index in [0.717, 1.165) is 23.1 Å². The molecule has 11 nitrogen and oxygen atoms in total. The van der Waals surface area contributed by atoms with Crippen LogP contribution >= 0.6 is 34.9 Å². The molecule has 0 saturated heterocycles. The van der Waals surface area contributed by atoms with Crippen LogP contribution in [0.25, 0.3) is 0 Å². The SMILES string of the molecule is CO/N=C(/C(=O)N[C@@H]1C(=O)C2C(C(=O)O)=C(CSC(=O)c3ccco3)CS[C@@H]21)c1csc(N)n1. The number of ketones is 1. The first-order chi connectivity index (χ1) is 16.3. The molecule has 2 aliphatic rings. The Labute approximate surface area is 205 Å². The Bertz CT molecular complexity index is 1200. The Hall–Kier alpha value is -3.10. The fraction of sp³-hybridized carbons (Fsp3) is 0.300. The predicted octanol–water partition coefficient (Wildman–Crippen LogP) is 1.42. The number of carboxylic acids is 1. The summed E-state index contributed by atoms with van der Waals surface area (Å²) in [5, 5.41) is 17.1. The van der Waals surface area contributed by atoms with Crippen molar-refractivity contribution in [1.29, 1.82) is 0 Å². The number of furan rings is 1. The number of aliphatic carboxylic acids is 1. The Morgan fingerprint density at radius 3 is 2.85 bits per heavy atom. The second-order valence-electron chi connectivity index (χ2n) is 7.18. The zero-order valence-electron chi connectivity index (χ0n) is 17.5. The van der Waals surface area contributed by atoms with Crippen molar-refractivity contribution in [2.45, 2.75) is 11.3 Å². The van der Waals surface area contributed by atoms with Crippen molar-refractivity contribution < 1.29 is 33.5 Å². The third-order valence-corrected chi connectivity index (χ3v) is 8.27. The van der Waals surface area contributed by atoms with Gasteiger partial charge in [0.15, 0.2) is 22.4 Å². The maximum atomic E-state index is 12.9. The number of hydrogen-bond donors (Lipinski definition) is 3. The van der Waals surface area contributed by atoms with Crippen LogP contribution in [0.1, 0.15) is 16.2 Å². The maximum Gasteiger partial charge on any atom is 0.332 e. The van der Waals surface area contributed by atoms with Crippen LogP contribution < -0.4 is 11.1 Å². The van der Waals surface area contributed by atoms with Crippen LogP contribution in [0.4, 0.5) is 5.13 Å². The summed E-state index contributed by atoms with van der Waals surface area (Å²) in [5.41, 5.74) is 6.17. The molecule has 34 heavy (non-hydrogen) atoms. The first-order valence-electron chi connectivity index (χ1n) is 9.76. The number of nitrogens with two attached hydrogens (primary N) is 1. The number of nitrogen functional groups attached to an aromatic ring is 1. The molecule has 0 aromatic carbocycles. The van der Waals surface area contributed by atoms with Gasteiger partial charge in [0.05, 0.1) is 12.2 Å². The van der Waals surface area contributed by atoms with Gasteiger partial charge in [0.25, 0.3) is 11.0 Å². The lowest BCUT2D eigenvalue weighted by Gasteiger charge is -2.46. The fourth-order valence-corrected chi connectivity index (χ4v) is 6.67. The molecule has 0 bridgehead atoms. The van der Waals surface area contributed by atoms with Crippen molar-refractivity contribution in [2.24, 2.45) is 11.1 Å². The highest BCUT2D eigenvalue weighted by molar-refractivity contribution is 8.14. The minimum Gasteiger partial charge on any atom is -0.478 e. The molecular formula is C20H18N4O7S3. The molecule has 0 spiro atoms. The molecule has 14 heteroatoms. The van der Waals surface area contributed by atoms with E-state index in [0.29, 0.717) is 11.3 Å². The lowest BCUT2D eigenvalue weighted by Crippen LogP contribution is -2.66. The number of thioether (sulfide) groups is 2. The quantitative estimate of drug-likeness (QED) is 0.338. The van der Waals surface area contributed by atoms with Gasteiger partial charge in [-0.25, -0.2) is 9.78 Å². The summed E-state index contributed by atoms with van der Waals surface area (Å²) < 4.78 is 5.07. The van der Waals surface area contributed by atoms with Crippen LogP contribution in [-0.4, -0.2) is 68.5 Å². The molecule has 0 radical (unpaired) electrons. The number of nitrogens with one attached hydrogen (secondary N) is 1. The highest BCUT2D eigenvalue weighted by Gasteiger charge is 2.56. The second-order valence-corrected chi connectivity index (χ2v) is 10.2. The number of rotatable bonds is 8. The summed E-state index contributed by atoms with van der Waals surface area (Å²) in [7, 11) is 1.27. The van der Waals surface area contributed by atoms with Crippen molar-refractivity contribution in [3.05, 3.63) is 46.4 Å². The van der Waals surface area contributed by atoms with E-state index in [9.17, 15) is 24.3 Å². The van der Waals surface area contributed by atoms with E-state index in [1.165, 1.54) is 36.6 Å². The van der Waals surface area contributed by atoms with Crippen LogP contribution in [0.15, 0.2) is 44.5 Å². The van der Waals surface area contributed by atoms with Crippen molar-refractivity contribution in [3.63, 3.8) is 0 Å². The van der Waals surface area contributed by atoms with E-state index in [2.05, 4.69) is 15.5 Å². The molecule has 2 aromatic rings. The average Bonchev–Trinajstić information content (AvgIpc) is 3.50. The van der Waals surface area contributed by atoms with Crippen LogP contribution in [0.5, 0.6) is 0 Å². The number of thiazole rings is 1. The van der Waals surface area contributed by atoms with Gasteiger partial charge in [-0.2, -0.15) is 11.8 Å². The van der Waals surface area contributed by atoms with Gasteiger partial charge in [0.2, 0.25) is 0 Å². The molecule has 2 aromatic heterocycles. The largest absolute Gasteiger partial charge is 0.478 e. The number of hydrogen-bond acceptors (Lipinski definition) is 12. The van der Waals surface area contributed by atoms with E-state index < -0.39 is 34.9 Å². The van der Waals surface area contributed by atoms with Crippen LogP contribution in [-0.2, 0) is 19.2 Å². The highest BCUT2D eigenvalue weighted by atomic mass is 32.2. The van der Waals surface area contributed by atoms with Crippen molar-refractivity contribution in [1.82, 2.24) is 10.3 Å². The number of nitrogens with zero attached hydrogens (tertiary/aromatic N) is 2. The number of anilines is 1. The first-order valence-corrected chi connectivity index (χ1v) is 12.7. The number of Topliss-reactive ketones (excluding diaryl/α,β-unsaturated/α-hetero) is 1. The minimum absolute atomic E-state index is 0.0166. The second kappa shape index (κ2) is 10.0. The number of amides is 1. The third-order valence-electron chi connectivity index (χ3n) is 5.19. The van der Waals surface area contributed by atoms with E-state index in [1.54, 1.807) is 6.07 Å².